The van der Waals surface area contributed by atoms with Crippen LogP contribution in [0.15, 0.2) is 58.5 Å². The number of carbonyl (C=O) groups excluding carboxylic acids is 4. The van der Waals surface area contributed by atoms with Crippen LogP contribution in [0.25, 0.3) is 0 Å². The summed E-state index contributed by atoms with van der Waals surface area (Å²) in [4.78, 5) is 43.1. The third-order valence-corrected chi connectivity index (χ3v) is 2.60. The van der Waals surface area contributed by atoms with E-state index in [1.165, 1.54) is 29.4 Å². The number of nitrogens with one attached hydrogen (secondary N) is 2. The van der Waals surface area contributed by atoms with Crippen LogP contribution in [-0.4, -0.2) is 24.3 Å². The molecule has 26 heavy (non-hydrogen) atoms. The molecular formula is C18H16N4O4. The van der Waals surface area contributed by atoms with Crippen LogP contribution in [0.4, 0.5) is 11.4 Å². The van der Waals surface area contributed by atoms with Crippen LogP contribution in [-0.2, 0) is 19.2 Å². The lowest BCUT2D eigenvalue weighted by molar-refractivity contribution is 0.562. The lowest BCUT2D eigenvalue weighted by Gasteiger charge is -1.93. The molecule has 0 spiro atoms. The van der Waals surface area contributed by atoms with Gasteiger partial charge in [0.15, 0.2) is 0 Å². The zero-order chi connectivity index (χ0) is 20.2. The number of hydrogen-bond acceptors (Lipinski definition) is 8. The predicted molar refractivity (Wildman–Crippen MR) is 94.7 cm³/mol. The monoisotopic (exact) mass is 352 g/mol. The Balaban J connectivity index is 0. The van der Waals surface area contributed by atoms with E-state index in [-0.39, 0.29) is 0 Å². The first-order valence-corrected chi connectivity index (χ1v) is 6.86. The molecule has 0 aliphatic rings. The fraction of sp³-hybridized carbons (Fsp3) is 0.111. The van der Waals surface area contributed by atoms with Gasteiger partial charge in [0.25, 0.3) is 0 Å². The zero-order valence-electron chi connectivity index (χ0n) is 14.1. The molecule has 0 heterocycles. The van der Waals surface area contributed by atoms with Crippen molar-refractivity contribution in [2.45, 2.75) is 13.8 Å². The second kappa shape index (κ2) is 17.3. The molecule has 132 valence electrons. The Hall–Kier alpha value is -4.04. The van der Waals surface area contributed by atoms with E-state index in [0.29, 0.717) is 11.4 Å². The van der Waals surface area contributed by atoms with E-state index in [9.17, 15) is 9.59 Å². The van der Waals surface area contributed by atoms with Crippen molar-refractivity contribution in [2.75, 3.05) is 0 Å². The first-order valence-electron chi connectivity index (χ1n) is 6.86. The van der Waals surface area contributed by atoms with Gasteiger partial charge in [-0.15, -0.1) is 0 Å². The number of nitrogens with zero attached hydrogens (tertiary/aromatic N) is 2. The van der Waals surface area contributed by atoms with Gasteiger partial charge >= 0.3 is 0 Å². The molecular weight excluding hydrogens is 336 g/mol. The predicted octanol–water partition coefficient (Wildman–Crippen LogP) is 3.73. The minimum absolute atomic E-state index is 0.418. The summed E-state index contributed by atoms with van der Waals surface area (Å²) in [6.45, 7) is 4.24. The van der Waals surface area contributed by atoms with E-state index in [1.807, 2.05) is 0 Å². The summed E-state index contributed by atoms with van der Waals surface area (Å²) in [5, 5.41) is 10.8. The van der Waals surface area contributed by atoms with Crippen LogP contribution in [0.1, 0.15) is 11.1 Å². The van der Waals surface area contributed by atoms with Gasteiger partial charge in [0.1, 0.15) is 0 Å². The molecule has 0 saturated carbocycles. The highest BCUT2D eigenvalue weighted by Gasteiger charge is 1.90. The third-order valence-electron chi connectivity index (χ3n) is 2.60. The average molecular weight is 352 g/mol. The van der Waals surface area contributed by atoms with Crippen molar-refractivity contribution in [3.05, 3.63) is 59.7 Å². The molecule has 0 fully saturated rings. The number of hydrogen-bond donors (Lipinski definition) is 2. The largest absolute Gasteiger partial charge is 0.240 e. The highest BCUT2D eigenvalue weighted by Crippen LogP contribution is 2.18. The Kier molecular flexibility index (Phi) is 16.1. The molecule has 8 heteroatoms. The Morgan fingerprint density at radius 1 is 0.692 bits per heavy atom. The third kappa shape index (κ3) is 13.6. The van der Waals surface area contributed by atoms with Gasteiger partial charge < -0.3 is 0 Å². The maximum Gasteiger partial charge on any atom is 0.240 e. The lowest BCUT2D eigenvalue weighted by atomic mass is 10.1. The van der Waals surface area contributed by atoms with Crippen molar-refractivity contribution >= 4 is 35.7 Å². The van der Waals surface area contributed by atoms with Crippen molar-refractivity contribution in [3.63, 3.8) is 0 Å². The molecule has 8 nitrogen and oxygen atoms in total. The summed E-state index contributed by atoms with van der Waals surface area (Å²) < 4.78 is 0. The van der Waals surface area contributed by atoms with Crippen LogP contribution in [0.2, 0.25) is 0 Å². The van der Waals surface area contributed by atoms with Crippen LogP contribution in [0.5, 0.6) is 0 Å². The van der Waals surface area contributed by atoms with E-state index < -0.39 is 0 Å². The molecule has 0 bridgehead atoms. The van der Waals surface area contributed by atoms with Gasteiger partial charge in [0.05, 0.1) is 11.4 Å². The topological polar surface area (TPSA) is 141 Å². The van der Waals surface area contributed by atoms with Crippen LogP contribution < -0.4 is 0 Å². The molecule has 0 aromatic heterocycles. The molecule has 0 atom stereocenters. The standard InChI is InChI=1S/C8H4N2O2.C8H10.2CHNO/c11-5-9-7-2-1-3-8(4-7)10-6-12;1-7-5-3-4-6-8(7)2;2*2-1-3/h1-4H;3-6H,1-2H3;2*2H. The molecule has 0 saturated heterocycles. The molecule has 2 N–H and O–H groups in total. The van der Waals surface area contributed by atoms with Gasteiger partial charge in [0.2, 0.25) is 24.3 Å². The first-order chi connectivity index (χ1) is 12.5. The summed E-state index contributed by atoms with van der Waals surface area (Å²) >= 11 is 0. The summed E-state index contributed by atoms with van der Waals surface area (Å²) in [5.41, 5.74) is 3.57. The van der Waals surface area contributed by atoms with Crippen LogP contribution in [0, 0.1) is 24.7 Å². The fourth-order valence-corrected chi connectivity index (χ4v) is 1.40. The number of aryl methyl sites for hydroxylation is 2. The number of aliphatic imine (C=N–C) groups is 2. The molecule has 2 aromatic rings. The molecule has 0 radical (unpaired) electrons. The van der Waals surface area contributed by atoms with Crippen molar-refractivity contribution < 1.29 is 19.2 Å². The number of isocyanates is 4. The quantitative estimate of drug-likeness (QED) is 0.627. The Labute approximate surface area is 150 Å². The number of benzene rings is 2. The lowest BCUT2D eigenvalue weighted by Crippen LogP contribution is -1.74. The van der Waals surface area contributed by atoms with Gasteiger partial charge in [-0.25, -0.2) is 30.0 Å². The second-order valence-corrected chi connectivity index (χ2v) is 4.21. The van der Waals surface area contributed by atoms with E-state index >= 15 is 0 Å². The van der Waals surface area contributed by atoms with Crippen molar-refractivity contribution in [3.8, 4) is 0 Å². The summed E-state index contributed by atoms with van der Waals surface area (Å²) in [5.74, 6) is 0. The van der Waals surface area contributed by atoms with Crippen molar-refractivity contribution in [2.24, 2.45) is 9.98 Å². The second-order valence-electron chi connectivity index (χ2n) is 4.21. The van der Waals surface area contributed by atoms with Gasteiger partial charge in [-0.2, -0.15) is 9.98 Å². The minimum atomic E-state index is 0.418. The molecule has 0 aliphatic carbocycles. The van der Waals surface area contributed by atoms with Gasteiger partial charge in [0, 0.05) is 0 Å². The van der Waals surface area contributed by atoms with Gasteiger partial charge in [-0.05, 0) is 43.2 Å². The molecule has 0 amide bonds. The molecule has 2 aromatic carbocycles. The summed E-state index contributed by atoms with van der Waals surface area (Å²) in [6.07, 6.45) is 4.28. The zero-order valence-corrected chi connectivity index (χ0v) is 14.1. The van der Waals surface area contributed by atoms with Crippen molar-refractivity contribution in [1.82, 2.24) is 0 Å². The van der Waals surface area contributed by atoms with Gasteiger partial charge in [-0.3, -0.25) is 0 Å². The van der Waals surface area contributed by atoms with Gasteiger partial charge in [-0.1, -0.05) is 30.3 Å². The Bertz CT molecular complexity index is 774. The highest BCUT2D eigenvalue weighted by molar-refractivity contribution is 5.58. The maximum atomic E-state index is 9.84. The number of rotatable bonds is 2. The fourth-order valence-electron chi connectivity index (χ4n) is 1.40. The normalized spacial score (nSPS) is 7.15. The molecule has 0 unspecified atom stereocenters. The van der Waals surface area contributed by atoms with Crippen molar-refractivity contribution in [1.29, 1.82) is 10.8 Å². The van der Waals surface area contributed by atoms with Crippen LogP contribution >= 0.6 is 0 Å². The first kappa shape index (κ1) is 24.2. The summed E-state index contributed by atoms with van der Waals surface area (Å²) in [6, 6.07) is 14.7. The van der Waals surface area contributed by atoms with E-state index in [4.69, 9.17) is 20.4 Å². The SMILES string of the molecule is Cc1ccccc1C.N=C=O.N=C=O.O=C=Nc1cccc(N=C=O)c1. The van der Waals surface area contributed by atoms with E-state index in [2.05, 4.69) is 48.1 Å². The van der Waals surface area contributed by atoms with Crippen LogP contribution in [0.3, 0.4) is 0 Å². The molecule has 2 rings (SSSR count). The minimum Gasteiger partial charge on any atom is -0.222 e. The molecule has 0 aliphatic heterocycles. The Morgan fingerprint density at radius 2 is 1.04 bits per heavy atom. The highest BCUT2D eigenvalue weighted by atomic mass is 16.1. The van der Waals surface area contributed by atoms with E-state index in [1.54, 1.807) is 18.2 Å². The maximum absolute atomic E-state index is 9.84. The smallest absolute Gasteiger partial charge is 0.222 e. The van der Waals surface area contributed by atoms with E-state index in [0.717, 1.165) is 12.2 Å². The average Bonchev–Trinajstić information content (AvgIpc) is 2.61. The summed E-state index contributed by atoms with van der Waals surface area (Å²) in [7, 11) is 0. The Morgan fingerprint density at radius 3 is 1.31 bits per heavy atom.